The van der Waals surface area contributed by atoms with E-state index in [0.29, 0.717) is 31.1 Å². The first-order valence-corrected chi connectivity index (χ1v) is 15.1. The normalized spacial score (nSPS) is 11.8. The van der Waals surface area contributed by atoms with Gasteiger partial charge in [0.2, 0.25) is 11.8 Å². The molecular weight excluding hydrogens is 542 g/mol. The maximum absolute atomic E-state index is 14.2. The number of hydrogen-bond acceptors (Lipinski definition) is 6. The number of nitrogens with one attached hydrogen (secondary N) is 1. The lowest BCUT2D eigenvalue weighted by Gasteiger charge is -2.33. The standard InChI is InChI=1S/C31H39N3O6S/c1-6-27(31(36)32-7-2)33(21-24-12-11-13-25(20-24)39-5)30(35)22-34(28-14-9-10-15-29(28)40-8-3)41(37,38)26-18-16-23(4)17-19-26/h9-20,27H,6-8,21-22H2,1-5H3,(H,32,36)/t27-/m1/s1. The number of anilines is 1. The SMILES string of the molecule is CCNC(=O)[C@@H](CC)N(Cc1cccc(OC)c1)C(=O)CN(c1ccccc1OCC)S(=O)(=O)c1ccc(C)cc1. The summed E-state index contributed by atoms with van der Waals surface area (Å²) in [6.45, 7) is 7.53. The Hall–Kier alpha value is -4.05. The molecule has 9 nitrogen and oxygen atoms in total. The van der Waals surface area contributed by atoms with E-state index in [1.807, 2.05) is 19.9 Å². The van der Waals surface area contributed by atoms with Gasteiger partial charge in [-0.05, 0) is 69.2 Å². The van der Waals surface area contributed by atoms with Gasteiger partial charge >= 0.3 is 0 Å². The second-order valence-electron chi connectivity index (χ2n) is 9.42. The Balaban J connectivity index is 2.11. The van der Waals surface area contributed by atoms with Crippen molar-refractivity contribution in [2.75, 3.05) is 31.1 Å². The number of rotatable bonds is 14. The maximum Gasteiger partial charge on any atom is 0.264 e. The lowest BCUT2D eigenvalue weighted by atomic mass is 10.1. The van der Waals surface area contributed by atoms with E-state index in [2.05, 4.69) is 5.32 Å². The van der Waals surface area contributed by atoms with Crippen molar-refractivity contribution >= 4 is 27.5 Å². The summed E-state index contributed by atoms with van der Waals surface area (Å²) in [6.07, 6.45) is 0.335. The minimum Gasteiger partial charge on any atom is -0.497 e. The van der Waals surface area contributed by atoms with Gasteiger partial charge in [-0.15, -0.1) is 0 Å². The number of carbonyl (C=O) groups excluding carboxylic acids is 2. The van der Waals surface area contributed by atoms with Crippen LogP contribution in [0.1, 0.15) is 38.3 Å². The molecule has 3 rings (SSSR count). The number of aryl methyl sites for hydroxylation is 1. The van der Waals surface area contributed by atoms with E-state index in [9.17, 15) is 18.0 Å². The van der Waals surface area contributed by atoms with Crippen LogP contribution >= 0.6 is 0 Å². The molecule has 1 atom stereocenters. The van der Waals surface area contributed by atoms with Gasteiger partial charge in [-0.1, -0.05) is 48.9 Å². The van der Waals surface area contributed by atoms with Crippen LogP contribution in [0, 0.1) is 6.92 Å². The summed E-state index contributed by atoms with van der Waals surface area (Å²) in [5, 5.41) is 2.80. The van der Waals surface area contributed by atoms with Crippen molar-refractivity contribution < 1.29 is 27.5 Å². The molecule has 0 aliphatic rings. The van der Waals surface area contributed by atoms with E-state index in [-0.39, 0.29) is 23.0 Å². The van der Waals surface area contributed by atoms with Gasteiger partial charge in [0.05, 0.1) is 24.3 Å². The Kier molecular flexibility index (Phi) is 11.2. The fraction of sp³-hybridized carbons (Fsp3) is 0.355. The first-order chi connectivity index (χ1) is 19.7. The average Bonchev–Trinajstić information content (AvgIpc) is 2.96. The molecule has 0 bridgehead atoms. The molecule has 3 aromatic carbocycles. The van der Waals surface area contributed by atoms with Crippen molar-refractivity contribution in [3.63, 3.8) is 0 Å². The predicted octanol–water partition coefficient (Wildman–Crippen LogP) is 4.54. The third kappa shape index (κ3) is 7.79. The Labute approximate surface area is 243 Å². The minimum absolute atomic E-state index is 0.0392. The van der Waals surface area contributed by atoms with Crippen LogP contribution in [0.5, 0.6) is 11.5 Å². The predicted molar refractivity (Wildman–Crippen MR) is 160 cm³/mol. The third-order valence-electron chi connectivity index (χ3n) is 6.55. The summed E-state index contributed by atoms with van der Waals surface area (Å²) in [4.78, 5) is 28.7. The zero-order chi connectivity index (χ0) is 30.0. The summed E-state index contributed by atoms with van der Waals surface area (Å²) in [5.41, 5.74) is 1.87. The second kappa shape index (κ2) is 14.5. The van der Waals surface area contributed by atoms with Crippen LogP contribution in [-0.4, -0.2) is 58.0 Å². The molecule has 41 heavy (non-hydrogen) atoms. The highest BCUT2D eigenvalue weighted by Crippen LogP contribution is 2.33. The molecule has 1 N–H and O–H groups in total. The summed E-state index contributed by atoms with van der Waals surface area (Å²) in [7, 11) is -2.65. The molecule has 0 heterocycles. The number of likely N-dealkylation sites (N-methyl/N-ethyl adjacent to an activating group) is 1. The molecule has 0 saturated carbocycles. The second-order valence-corrected chi connectivity index (χ2v) is 11.3. The number of methoxy groups -OCH3 is 1. The van der Waals surface area contributed by atoms with E-state index in [1.54, 1.807) is 75.6 Å². The van der Waals surface area contributed by atoms with Crippen LogP contribution in [0.25, 0.3) is 0 Å². The van der Waals surface area contributed by atoms with Gasteiger partial charge in [-0.25, -0.2) is 8.42 Å². The number of sulfonamides is 1. The quantitative estimate of drug-likeness (QED) is 0.300. The van der Waals surface area contributed by atoms with Crippen LogP contribution in [0.15, 0.2) is 77.7 Å². The van der Waals surface area contributed by atoms with Gasteiger partial charge < -0.3 is 19.7 Å². The lowest BCUT2D eigenvalue weighted by Crippen LogP contribution is -2.52. The van der Waals surface area contributed by atoms with Gasteiger partial charge in [-0.3, -0.25) is 13.9 Å². The number of benzene rings is 3. The van der Waals surface area contributed by atoms with Crippen LogP contribution < -0.4 is 19.1 Å². The summed E-state index contributed by atoms with van der Waals surface area (Å²) in [6, 6.07) is 19.5. The maximum atomic E-state index is 14.2. The van der Waals surface area contributed by atoms with Crippen LogP contribution in [0.3, 0.4) is 0 Å². The van der Waals surface area contributed by atoms with E-state index < -0.39 is 28.5 Å². The zero-order valence-electron chi connectivity index (χ0n) is 24.3. The van der Waals surface area contributed by atoms with Crippen molar-refractivity contribution in [3.8, 4) is 11.5 Å². The Morgan fingerprint density at radius 2 is 1.66 bits per heavy atom. The van der Waals surface area contributed by atoms with Crippen LogP contribution in [-0.2, 0) is 26.2 Å². The molecule has 2 amide bonds. The molecule has 10 heteroatoms. The van der Waals surface area contributed by atoms with Crippen molar-refractivity contribution in [1.29, 1.82) is 0 Å². The Bertz CT molecular complexity index is 1430. The number of hydrogen-bond donors (Lipinski definition) is 1. The Morgan fingerprint density at radius 1 is 0.951 bits per heavy atom. The van der Waals surface area contributed by atoms with Gasteiger partial charge in [0.1, 0.15) is 24.1 Å². The molecule has 0 saturated heterocycles. The molecule has 0 spiro atoms. The number of amides is 2. The zero-order valence-corrected chi connectivity index (χ0v) is 25.1. The fourth-order valence-corrected chi connectivity index (χ4v) is 5.90. The Morgan fingerprint density at radius 3 is 2.29 bits per heavy atom. The number of ether oxygens (including phenoxy) is 2. The topological polar surface area (TPSA) is 105 Å². The molecule has 0 aliphatic heterocycles. The molecule has 0 aromatic heterocycles. The van der Waals surface area contributed by atoms with Crippen molar-refractivity contribution in [3.05, 3.63) is 83.9 Å². The first-order valence-electron chi connectivity index (χ1n) is 13.7. The van der Waals surface area contributed by atoms with E-state index in [4.69, 9.17) is 9.47 Å². The van der Waals surface area contributed by atoms with E-state index in [0.717, 1.165) is 15.4 Å². The molecule has 0 fully saturated rings. The summed E-state index contributed by atoms with van der Waals surface area (Å²) in [5.74, 6) is 0.0885. The number of carbonyl (C=O) groups is 2. The third-order valence-corrected chi connectivity index (χ3v) is 8.32. The van der Waals surface area contributed by atoms with Gasteiger partial charge in [0.25, 0.3) is 10.0 Å². The molecular formula is C31H39N3O6S. The van der Waals surface area contributed by atoms with E-state index >= 15 is 0 Å². The van der Waals surface area contributed by atoms with Crippen LogP contribution in [0.4, 0.5) is 5.69 Å². The summed E-state index contributed by atoms with van der Waals surface area (Å²) < 4.78 is 40.3. The smallest absolute Gasteiger partial charge is 0.264 e. The highest BCUT2D eigenvalue weighted by Gasteiger charge is 2.34. The molecule has 0 aliphatic carbocycles. The molecule has 220 valence electrons. The number of para-hydroxylation sites is 2. The largest absolute Gasteiger partial charge is 0.497 e. The lowest BCUT2D eigenvalue weighted by molar-refractivity contribution is -0.140. The first kappa shape index (κ1) is 31.5. The van der Waals surface area contributed by atoms with Crippen LogP contribution in [0.2, 0.25) is 0 Å². The average molecular weight is 582 g/mol. The molecule has 0 unspecified atom stereocenters. The fourth-order valence-electron chi connectivity index (χ4n) is 4.47. The van der Waals surface area contributed by atoms with Gasteiger partial charge in [0.15, 0.2) is 0 Å². The highest BCUT2D eigenvalue weighted by atomic mass is 32.2. The van der Waals surface area contributed by atoms with E-state index in [1.165, 1.54) is 17.0 Å². The molecule has 3 aromatic rings. The minimum atomic E-state index is -4.20. The van der Waals surface area contributed by atoms with Crippen molar-refractivity contribution in [2.24, 2.45) is 0 Å². The summed E-state index contributed by atoms with van der Waals surface area (Å²) >= 11 is 0. The van der Waals surface area contributed by atoms with Gasteiger partial charge in [0, 0.05) is 13.1 Å². The molecule has 0 radical (unpaired) electrons. The number of nitrogens with zero attached hydrogens (tertiary/aromatic N) is 2. The highest BCUT2D eigenvalue weighted by molar-refractivity contribution is 7.92. The van der Waals surface area contributed by atoms with Crippen molar-refractivity contribution in [1.82, 2.24) is 10.2 Å². The van der Waals surface area contributed by atoms with Gasteiger partial charge in [-0.2, -0.15) is 0 Å². The monoisotopic (exact) mass is 581 g/mol. The van der Waals surface area contributed by atoms with Crippen molar-refractivity contribution in [2.45, 2.75) is 51.6 Å².